The standard InChI is InChI=1S/C67H124O14/c1-3-5-7-9-11-13-15-17-19-21-23-25-26-27-28-29-31-33-35-37-39-41-43-45-47-49-51-76-53-56(54-77-66-65(75)63(73)61(71)58(81-66)55-78-67-64(74)62(72)60(70)57(52-68)80-67)79-59(69)50-48-46-44-42-40-38-36-34-32-30-24-22-20-18-16-14-12-10-8-6-4-2/h15,17,21,23,26-27,56-58,60-68,70-75H,3-14,16,18-20,22,24-25,28-55H2,1-2H3/b17-15-,23-21-,27-26-. The van der Waals surface area contributed by atoms with Gasteiger partial charge in [-0.15, -0.1) is 0 Å². The van der Waals surface area contributed by atoms with Gasteiger partial charge < -0.3 is 64.2 Å². The number of esters is 1. The van der Waals surface area contributed by atoms with E-state index in [1.165, 1.54) is 205 Å². The van der Waals surface area contributed by atoms with Gasteiger partial charge in [-0.25, -0.2) is 0 Å². The summed E-state index contributed by atoms with van der Waals surface area (Å²) in [5.74, 6) is -0.370. The number of hydrogen-bond acceptors (Lipinski definition) is 14. The third-order valence-corrected chi connectivity index (χ3v) is 16.2. The van der Waals surface area contributed by atoms with Crippen LogP contribution < -0.4 is 0 Å². The van der Waals surface area contributed by atoms with E-state index in [9.17, 15) is 40.5 Å². The largest absolute Gasteiger partial charge is 0.457 e. The predicted octanol–water partition coefficient (Wildman–Crippen LogP) is 13.6. The highest BCUT2D eigenvalue weighted by Crippen LogP contribution is 2.27. The number of ether oxygens (including phenoxy) is 6. The highest BCUT2D eigenvalue weighted by atomic mass is 16.7. The van der Waals surface area contributed by atoms with Gasteiger partial charge in [-0.05, 0) is 51.4 Å². The number of aliphatic hydroxyl groups excluding tert-OH is 7. The van der Waals surface area contributed by atoms with Crippen molar-refractivity contribution in [1.29, 1.82) is 0 Å². The summed E-state index contributed by atoms with van der Waals surface area (Å²) in [7, 11) is 0. The van der Waals surface area contributed by atoms with Crippen molar-refractivity contribution < 1.29 is 69.0 Å². The maximum Gasteiger partial charge on any atom is 0.306 e. The molecule has 0 radical (unpaired) electrons. The average molecular weight is 1150 g/mol. The molecule has 14 nitrogen and oxygen atoms in total. The van der Waals surface area contributed by atoms with Gasteiger partial charge >= 0.3 is 5.97 Å². The molecule has 11 unspecified atom stereocenters. The third kappa shape index (κ3) is 39.5. The van der Waals surface area contributed by atoms with Gasteiger partial charge in [0, 0.05) is 13.0 Å². The zero-order valence-corrected chi connectivity index (χ0v) is 51.5. The molecular weight excluding hydrogens is 1030 g/mol. The van der Waals surface area contributed by atoms with Gasteiger partial charge in [0.15, 0.2) is 12.6 Å². The number of rotatable bonds is 56. The van der Waals surface area contributed by atoms with E-state index < -0.39 is 80.7 Å². The van der Waals surface area contributed by atoms with Gasteiger partial charge in [-0.2, -0.15) is 0 Å². The highest BCUT2D eigenvalue weighted by Gasteiger charge is 2.47. The van der Waals surface area contributed by atoms with Gasteiger partial charge in [-0.3, -0.25) is 4.79 Å². The van der Waals surface area contributed by atoms with Crippen LogP contribution in [0.25, 0.3) is 0 Å². The minimum absolute atomic E-state index is 0.0633. The summed E-state index contributed by atoms with van der Waals surface area (Å²) in [4.78, 5) is 13.1. The van der Waals surface area contributed by atoms with Crippen molar-refractivity contribution in [3.8, 4) is 0 Å². The van der Waals surface area contributed by atoms with Gasteiger partial charge in [-0.1, -0.05) is 262 Å². The molecule has 2 heterocycles. The van der Waals surface area contributed by atoms with Gasteiger partial charge in [0.1, 0.15) is 54.9 Å². The van der Waals surface area contributed by atoms with Crippen LogP contribution in [-0.4, -0.2) is 142 Å². The average Bonchev–Trinajstić information content (AvgIpc) is 3.60. The molecule has 0 bridgehead atoms. The first-order chi connectivity index (χ1) is 39.6. The quantitative estimate of drug-likeness (QED) is 0.0171. The summed E-state index contributed by atoms with van der Waals surface area (Å²) < 4.78 is 34.5. The minimum atomic E-state index is -1.71. The Hall–Kier alpha value is -1.79. The van der Waals surface area contributed by atoms with E-state index in [0.717, 1.165) is 51.4 Å². The normalized spacial score (nSPS) is 23.9. The molecule has 0 saturated carbocycles. The predicted molar refractivity (Wildman–Crippen MR) is 326 cm³/mol. The van der Waals surface area contributed by atoms with Crippen LogP contribution in [-0.2, 0) is 33.2 Å². The van der Waals surface area contributed by atoms with Gasteiger partial charge in [0.05, 0.1) is 26.4 Å². The molecule has 0 spiro atoms. The van der Waals surface area contributed by atoms with Crippen LogP contribution in [0.3, 0.4) is 0 Å². The monoisotopic (exact) mass is 1150 g/mol. The lowest BCUT2D eigenvalue weighted by molar-refractivity contribution is -0.332. The number of carbonyl (C=O) groups is 1. The van der Waals surface area contributed by atoms with Crippen LogP contribution in [0.1, 0.15) is 284 Å². The number of aliphatic hydroxyl groups is 7. The van der Waals surface area contributed by atoms with Crippen LogP contribution in [0, 0.1) is 0 Å². The third-order valence-electron chi connectivity index (χ3n) is 16.2. The Morgan fingerprint density at radius 2 is 0.765 bits per heavy atom. The fourth-order valence-corrected chi connectivity index (χ4v) is 10.8. The molecule has 2 fully saturated rings. The van der Waals surface area contributed by atoms with Crippen molar-refractivity contribution in [3.63, 3.8) is 0 Å². The molecule has 2 saturated heterocycles. The SMILES string of the molecule is CCCCCCC/C=C\C/C=C\C/C=C\CCCCCCCCCCCCCOCC(COC1OC(COC2OC(CO)C(O)C(O)C2O)C(O)C(O)C1O)OC(=O)CCCCCCCCCCCCCCCCCCCCCCC. The number of carbonyl (C=O) groups excluding carboxylic acids is 1. The van der Waals surface area contributed by atoms with E-state index in [4.69, 9.17) is 28.4 Å². The lowest BCUT2D eigenvalue weighted by Crippen LogP contribution is -2.61. The molecule has 7 N–H and O–H groups in total. The molecule has 0 aromatic carbocycles. The molecule has 81 heavy (non-hydrogen) atoms. The molecular formula is C67H124O14. The van der Waals surface area contributed by atoms with E-state index >= 15 is 0 Å². The smallest absolute Gasteiger partial charge is 0.306 e. The molecule has 2 rings (SSSR count). The summed E-state index contributed by atoms with van der Waals surface area (Å²) in [6.07, 6.45) is 49.3. The van der Waals surface area contributed by atoms with Crippen LogP contribution in [0.2, 0.25) is 0 Å². The Morgan fingerprint density at radius 3 is 1.20 bits per heavy atom. The molecule has 0 amide bonds. The van der Waals surface area contributed by atoms with Crippen LogP contribution in [0.4, 0.5) is 0 Å². The van der Waals surface area contributed by atoms with E-state index in [1.807, 2.05) is 0 Å². The molecule has 0 aromatic heterocycles. The molecule has 0 aromatic rings. The summed E-state index contributed by atoms with van der Waals surface area (Å²) in [6.45, 7) is 3.73. The zero-order valence-electron chi connectivity index (χ0n) is 51.5. The van der Waals surface area contributed by atoms with Gasteiger partial charge in [0.2, 0.25) is 0 Å². The summed E-state index contributed by atoms with van der Waals surface area (Å²) >= 11 is 0. The number of unbranched alkanes of at least 4 members (excludes halogenated alkanes) is 36. The van der Waals surface area contributed by atoms with Crippen molar-refractivity contribution >= 4 is 5.97 Å². The van der Waals surface area contributed by atoms with Crippen molar-refractivity contribution in [2.45, 2.75) is 351 Å². The maximum atomic E-state index is 13.1. The highest BCUT2D eigenvalue weighted by molar-refractivity contribution is 5.69. The minimum Gasteiger partial charge on any atom is -0.457 e. The van der Waals surface area contributed by atoms with Crippen LogP contribution in [0.5, 0.6) is 0 Å². The first kappa shape index (κ1) is 75.3. The number of allylic oxidation sites excluding steroid dienone is 6. The summed E-state index contributed by atoms with van der Waals surface area (Å²) in [5.41, 5.74) is 0. The Bertz CT molecular complexity index is 1480. The first-order valence-electron chi connectivity index (χ1n) is 33.6. The number of hydrogen-bond donors (Lipinski definition) is 7. The Kier molecular flexibility index (Phi) is 49.9. The van der Waals surface area contributed by atoms with Crippen LogP contribution in [0.15, 0.2) is 36.5 Å². The van der Waals surface area contributed by atoms with Crippen LogP contribution >= 0.6 is 0 Å². The fourth-order valence-electron chi connectivity index (χ4n) is 10.8. The lowest BCUT2D eigenvalue weighted by Gasteiger charge is -2.42. The zero-order chi connectivity index (χ0) is 58.6. The van der Waals surface area contributed by atoms with E-state index in [2.05, 4.69) is 50.3 Å². The molecule has 0 aliphatic carbocycles. The summed E-state index contributed by atoms with van der Waals surface area (Å²) in [6, 6.07) is 0. The lowest BCUT2D eigenvalue weighted by atomic mass is 9.98. The molecule has 11 atom stereocenters. The first-order valence-corrected chi connectivity index (χ1v) is 33.6. The fraction of sp³-hybridized carbons (Fsp3) is 0.896. The second kappa shape index (κ2) is 53.7. The Balaban J connectivity index is 1.65. The van der Waals surface area contributed by atoms with Crippen molar-refractivity contribution in [3.05, 3.63) is 36.5 Å². The molecule has 2 aliphatic heterocycles. The van der Waals surface area contributed by atoms with Crippen molar-refractivity contribution in [1.82, 2.24) is 0 Å². The molecule has 476 valence electrons. The molecule has 14 heteroatoms. The second-order valence-corrected chi connectivity index (χ2v) is 23.7. The Morgan fingerprint density at radius 1 is 0.407 bits per heavy atom. The maximum absolute atomic E-state index is 13.1. The van der Waals surface area contributed by atoms with Gasteiger partial charge in [0.25, 0.3) is 0 Å². The topological polar surface area (TPSA) is 214 Å². The summed E-state index contributed by atoms with van der Waals surface area (Å²) in [5, 5.41) is 72.6. The molecule has 2 aliphatic rings. The van der Waals surface area contributed by atoms with E-state index in [0.29, 0.717) is 13.0 Å². The van der Waals surface area contributed by atoms with E-state index in [1.54, 1.807) is 0 Å². The van der Waals surface area contributed by atoms with E-state index in [-0.39, 0.29) is 25.6 Å². The van der Waals surface area contributed by atoms with Crippen molar-refractivity contribution in [2.75, 3.05) is 33.0 Å². The Labute approximate surface area is 493 Å². The van der Waals surface area contributed by atoms with Crippen molar-refractivity contribution in [2.24, 2.45) is 0 Å². The second-order valence-electron chi connectivity index (χ2n) is 23.7.